The lowest BCUT2D eigenvalue weighted by Gasteiger charge is -1.56. The molecule has 3 nitrogen and oxygen atoms in total. The van der Waals surface area contributed by atoms with Gasteiger partial charge in [-0.2, -0.15) is 4.98 Å². The lowest BCUT2D eigenvalue weighted by Crippen LogP contribution is -1.54. The Balaban J connectivity index is 3.05. The van der Waals surface area contributed by atoms with Crippen LogP contribution in [0.5, 0.6) is 6.01 Å². The van der Waals surface area contributed by atoms with Gasteiger partial charge in [-0.1, -0.05) is 0 Å². The maximum atomic E-state index is 9.86. The summed E-state index contributed by atoms with van der Waals surface area (Å²) in [6.07, 6.45) is 0. The second-order valence-corrected chi connectivity index (χ2v) is 1.32. The molecule has 0 unspecified atom stereocenters. The van der Waals surface area contributed by atoms with Crippen molar-refractivity contribution in [3.8, 4) is 6.01 Å². The predicted molar refractivity (Wildman–Crippen MR) is 20.0 cm³/mol. The van der Waals surface area contributed by atoms with Gasteiger partial charge in [-0.25, -0.2) is 5.11 Å². The highest BCUT2D eigenvalue weighted by Gasteiger charge is 1.85. The van der Waals surface area contributed by atoms with Gasteiger partial charge in [-0.05, 0) is 11.5 Å². The lowest BCUT2D eigenvalue weighted by atomic mass is 11.2. The Morgan fingerprint density at radius 1 is 1.83 bits per heavy atom. The number of hydrogen-bond donors (Lipinski definition) is 0. The Hall–Kier alpha value is -0.640. The molecule has 1 radical (unpaired) electrons. The van der Waals surface area contributed by atoms with E-state index in [1.165, 1.54) is 5.51 Å². The Labute approximate surface area is 38.4 Å². The molecule has 4 heteroatoms. The van der Waals surface area contributed by atoms with Crippen molar-refractivity contribution in [2.75, 3.05) is 0 Å². The predicted octanol–water partition coefficient (Wildman–Crippen LogP) is 0.682. The Kier molecular flexibility index (Phi) is 0.719. The van der Waals surface area contributed by atoms with E-state index in [0.29, 0.717) is 0 Å². The molecule has 0 N–H and O–H groups in total. The van der Waals surface area contributed by atoms with E-state index in [1.54, 1.807) is 0 Å². The Bertz CT molecular complexity index is 115. The summed E-state index contributed by atoms with van der Waals surface area (Å²) in [5.41, 5.74) is 1.41. The number of nitrogens with zero attached hydrogens (tertiary/aromatic N) is 2. The first-order valence-electron chi connectivity index (χ1n) is 1.33. The highest BCUT2D eigenvalue weighted by molar-refractivity contribution is 7.03. The highest BCUT2D eigenvalue weighted by atomic mass is 32.1. The van der Waals surface area contributed by atoms with E-state index < -0.39 is 0 Å². The fourth-order valence-corrected chi connectivity index (χ4v) is 0.483. The molecule has 0 bridgehead atoms. The second kappa shape index (κ2) is 1.22. The molecule has 0 atom stereocenters. The second-order valence-electron chi connectivity index (χ2n) is 0.714. The largest absolute Gasteiger partial charge is 0.378 e. The van der Waals surface area contributed by atoms with Gasteiger partial charge < -0.3 is 0 Å². The summed E-state index contributed by atoms with van der Waals surface area (Å²) in [5, 5.41) is 9.86. The zero-order valence-corrected chi connectivity index (χ0v) is 3.60. The van der Waals surface area contributed by atoms with E-state index >= 15 is 0 Å². The standard InChI is InChI=1S/C2HN2OS/c5-2-3-1-6-4-2/h1H. The van der Waals surface area contributed by atoms with Crippen LogP contribution in [0.1, 0.15) is 0 Å². The van der Waals surface area contributed by atoms with Crippen molar-refractivity contribution in [2.45, 2.75) is 0 Å². The molecule has 1 aromatic heterocycles. The number of aromatic nitrogens is 2. The highest BCUT2D eigenvalue weighted by Crippen LogP contribution is 1.98. The van der Waals surface area contributed by atoms with Crippen molar-refractivity contribution in [3.63, 3.8) is 0 Å². The fraction of sp³-hybridized carbons (Fsp3) is 0. The van der Waals surface area contributed by atoms with E-state index in [2.05, 4.69) is 9.36 Å². The van der Waals surface area contributed by atoms with E-state index in [0.717, 1.165) is 11.5 Å². The maximum absolute atomic E-state index is 9.86. The Morgan fingerprint density at radius 3 is 2.83 bits per heavy atom. The quantitative estimate of drug-likeness (QED) is 0.482. The van der Waals surface area contributed by atoms with E-state index in [9.17, 15) is 5.11 Å². The SMILES string of the molecule is [O]c1ncsn1. The summed E-state index contributed by atoms with van der Waals surface area (Å²) in [7, 11) is 0. The van der Waals surface area contributed by atoms with E-state index in [4.69, 9.17) is 0 Å². The third-order valence-corrected chi connectivity index (χ3v) is 0.802. The molecule has 1 rings (SSSR count). The summed E-state index contributed by atoms with van der Waals surface area (Å²) in [6, 6.07) is -0.389. The van der Waals surface area contributed by atoms with Gasteiger partial charge in [0.1, 0.15) is 5.51 Å². The van der Waals surface area contributed by atoms with Crippen LogP contribution in [-0.4, -0.2) is 9.36 Å². The first kappa shape index (κ1) is 3.55. The summed E-state index contributed by atoms with van der Waals surface area (Å²) < 4.78 is 3.29. The molecule has 0 aliphatic rings. The molecular formula is C2HN2OS. The fourth-order valence-electron chi connectivity index (χ4n) is 0.161. The first-order chi connectivity index (χ1) is 2.89. The van der Waals surface area contributed by atoms with Gasteiger partial charge in [0.15, 0.2) is 0 Å². The van der Waals surface area contributed by atoms with Gasteiger partial charge >= 0.3 is 6.01 Å². The molecule has 1 aromatic rings. The molecule has 0 aliphatic carbocycles. The van der Waals surface area contributed by atoms with Crippen molar-refractivity contribution in [1.29, 1.82) is 0 Å². The lowest BCUT2D eigenvalue weighted by molar-refractivity contribution is 0.325. The first-order valence-corrected chi connectivity index (χ1v) is 2.16. The third-order valence-electron chi connectivity index (χ3n) is 0.341. The monoisotopic (exact) mass is 101 g/mol. The topological polar surface area (TPSA) is 45.7 Å². The average Bonchev–Trinajstić information content (AvgIpc) is 1.86. The summed E-state index contributed by atoms with van der Waals surface area (Å²) in [6.45, 7) is 0. The van der Waals surface area contributed by atoms with Gasteiger partial charge in [0, 0.05) is 0 Å². The van der Waals surface area contributed by atoms with Crippen LogP contribution in [0.25, 0.3) is 0 Å². The van der Waals surface area contributed by atoms with E-state index in [1.807, 2.05) is 0 Å². The van der Waals surface area contributed by atoms with Crippen LogP contribution < -0.4 is 0 Å². The molecule has 31 valence electrons. The summed E-state index contributed by atoms with van der Waals surface area (Å²) in [4.78, 5) is 3.27. The summed E-state index contributed by atoms with van der Waals surface area (Å²) >= 11 is 1.07. The van der Waals surface area contributed by atoms with Crippen LogP contribution in [0, 0.1) is 0 Å². The molecule has 0 spiro atoms. The van der Waals surface area contributed by atoms with Crippen LogP contribution in [0.2, 0.25) is 0 Å². The van der Waals surface area contributed by atoms with Crippen molar-refractivity contribution < 1.29 is 5.11 Å². The minimum atomic E-state index is -0.389. The molecular weight excluding hydrogens is 100 g/mol. The van der Waals surface area contributed by atoms with Crippen molar-refractivity contribution in [1.82, 2.24) is 9.36 Å². The van der Waals surface area contributed by atoms with Gasteiger partial charge in [0.25, 0.3) is 0 Å². The summed E-state index contributed by atoms with van der Waals surface area (Å²) in [5.74, 6) is 0. The van der Waals surface area contributed by atoms with Crippen LogP contribution >= 0.6 is 11.5 Å². The number of rotatable bonds is 0. The smallest absolute Gasteiger partial charge is 0.243 e. The Morgan fingerprint density at radius 2 is 2.67 bits per heavy atom. The van der Waals surface area contributed by atoms with Gasteiger partial charge in [-0.3, -0.25) is 0 Å². The maximum Gasteiger partial charge on any atom is 0.378 e. The van der Waals surface area contributed by atoms with Crippen LogP contribution in [0.3, 0.4) is 0 Å². The minimum Gasteiger partial charge on any atom is -0.243 e. The van der Waals surface area contributed by atoms with Crippen LogP contribution in [0.4, 0.5) is 0 Å². The zero-order valence-electron chi connectivity index (χ0n) is 2.79. The number of hydrogen-bond acceptors (Lipinski definition) is 3. The third kappa shape index (κ3) is 0.463. The molecule has 6 heavy (non-hydrogen) atoms. The molecule has 1 heterocycles. The van der Waals surface area contributed by atoms with Crippen molar-refractivity contribution >= 4 is 11.5 Å². The van der Waals surface area contributed by atoms with Crippen molar-refractivity contribution in [3.05, 3.63) is 5.51 Å². The molecule has 0 saturated carbocycles. The molecule has 0 amide bonds. The minimum absolute atomic E-state index is 0.389. The van der Waals surface area contributed by atoms with Crippen molar-refractivity contribution in [2.24, 2.45) is 0 Å². The van der Waals surface area contributed by atoms with Gasteiger partial charge in [0.05, 0.1) is 0 Å². The van der Waals surface area contributed by atoms with Gasteiger partial charge in [-0.15, -0.1) is 4.37 Å². The van der Waals surface area contributed by atoms with Gasteiger partial charge in [0.2, 0.25) is 0 Å². The average molecular weight is 101 g/mol. The molecule has 0 aromatic carbocycles. The zero-order chi connectivity index (χ0) is 4.41. The molecule has 0 saturated heterocycles. The normalized spacial score (nSPS) is 8.67. The van der Waals surface area contributed by atoms with E-state index in [-0.39, 0.29) is 6.01 Å². The van der Waals surface area contributed by atoms with Crippen LogP contribution in [-0.2, 0) is 5.11 Å². The molecule has 0 aliphatic heterocycles. The van der Waals surface area contributed by atoms with Crippen LogP contribution in [0.15, 0.2) is 5.51 Å². The molecule has 0 fully saturated rings.